The van der Waals surface area contributed by atoms with Crippen LogP contribution in [0.3, 0.4) is 0 Å². The summed E-state index contributed by atoms with van der Waals surface area (Å²) in [7, 11) is 0. The van der Waals surface area contributed by atoms with Crippen molar-refractivity contribution >= 4 is 12.0 Å². The molecule has 0 N–H and O–H groups in total. The number of carbonyl (C=O) groups excluding carboxylic acids is 1. The molecule has 1 amide bonds. The lowest BCUT2D eigenvalue weighted by atomic mass is 9.95. The molecule has 1 saturated heterocycles. The Bertz CT molecular complexity index is 715. The van der Waals surface area contributed by atoms with Crippen molar-refractivity contribution in [2.45, 2.75) is 31.7 Å². The predicted octanol–water partition coefficient (Wildman–Crippen LogP) is 4.22. The third kappa shape index (κ3) is 2.27. The molecule has 112 valence electrons. The maximum absolute atomic E-state index is 12.9. The number of fused-ring (bicyclic) bond motifs is 1. The summed E-state index contributed by atoms with van der Waals surface area (Å²) in [6.45, 7) is 0.807. The third-order valence-corrected chi connectivity index (χ3v) is 4.65. The number of likely N-dealkylation sites (tertiary alicyclic amines) is 1. The highest BCUT2D eigenvalue weighted by Crippen LogP contribution is 2.33. The van der Waals surface area contributed by atoms with E-state index >= 15 is 0 Å². The molecule has 22 heavy (non-hydrogen) atoms. The predicted molar refractivity (Wildman–Crippen MR) is 85.5 cm³/mol. The number of hydrogen-bond acceptors (Lipinski definition) is 2. The van der Waals surface area contributed by atoms with Gasteiger partial charge in [0.1, 0.15) is 5.76 Å². The van der Waals surface area contributed by atoms with E-state index in [1.165, 1.54) is 11.1 Å². The highest BCUT2D eigenvalue weighted by Gasteiger charge is 2.32. The Morgan fingerprint density at radius 3 is 3.09 bits per heavy atom. The number of aryl methyl sites for hydroxylation is 1. The fraction of sp³-hybridized carbons (Fsp3) is 0.316. The Morgan fingerprint density at radius 2 is 2.23 bits per heavy atom. The highest BCUT2D eigenvalue weighted by atomic mass is 16.3. The van der Waals surface area contributed by atoms with Gasteiger partial charge in [-0.15, -0.1) is 0 Å². The third-order valence-electron chi connectivity index (χ3n) is 4.65. The van der Waals surface area contributed by atoms with Crippen LogP contribution in [-0.4, -0.2) is 17.4 Å². The summed E-state index contributed by atoms with van der Waals surface area (Å²) in [6.07, 6.45) is 10.1. The lowest BCUT2D eigenvalue weighted by Gasteiger charge is -2.24. The summed E-state index contributed by atoms with van der Waals surface area (Å²) < 4.78 is 5.52. The molecular formula is C19H19NO2. The van der Waals surface area contributed by atoms with Gasteiger partial charge in [-0.25, -0.2) is 0 Å². The molecular weight excluding hydrogens is 274 g/mol. The van der Waals surface area contributed by atoms with E-state index < -0.39 is 0 Å². The Hall–Kier alpha value is -2.29. The average Bonchev–Trinajstić information content (AvgIpc) is 3.24. The van der Waals surface area contributed by atoms with E-state index in [0.29, 0.717) is 0 Å². The summed E-state index contributed by atoms with van der Waals surface area (Å²) in [5, 5.41) is 0. The normalized spacial score (nSPS) is 20.2. The molecule has 1 atom stereocenters. The first-order valence-corrected chi connectivity index (χ1v) is 7.97. The lowest BCUT2D eigenvalue weighted by molar-refractivity contribution is 0.0720. The minimum absolute atomic E-state index is 0.0819. The Morgan fingerprint density at radius 1 is 1.27 bits per heavy atom. The Balaban J connectivity index is 1.62. The van der Waals surface area contributed by atoms with Crippen LogP contribution in [0.4, 0.5) is 0 Å². The summed E-state index contributed by atoms with van der Waals surface area (Å²) in [5.74, 6) is 1.02. The molecule has 4 rings (SSSR count). The second kappa shape index (κ2) is 5.48. The topological polar surface area (TPSA) is 33.5 Å². The molecule has 2 heterocycles. The lowest BCUT2D eigenvalue weighted by Crippen LogP contribution is -2.30. The fourth-order valence-corrected chi connectivity index (χ4v) is 3.52. The van der Waals surface area contributed by atoms with Crippen molar-refractivity contribution in [1.29, 1.82) is 0 Å². The zero-order chi connectivity index (χ0) is 14.9. The quantitative estimate of drug-likeness (QED) is 0.830. The standard InChI is InChI=1S/C19H19NO2/c21-19(16-10-9-14-5-1-2-6-15(14)13-16)20-11-3-7-17(20)18-8-4-12-22-18/h1,4-5,8-10,12-13,17H,2-3,6-7,11H2/t17-/m1/s1. The van der Waals surface area contributed by atoms with Crippen LogP contribution in [0.5, 0.6) is 0 Å². The van der Waals surface area contributed by atoms with E-state index in [1.807, 2.05) is 23.1 Å². The van der Waals surface area contributed by atoms with E-state index in [-0.39, 0.29) is 11.9 Å². The number of amides is 1. The van der Waals surface area contributed by atoms with Crippen molar-refractivity contribution in [1.82, 2.24) is 4.90 Å². The number of carbonyl (C=O) groups is 1. The molecule has 0 saturated carbocycles. The van der Waals surface area contributed by atoms with Crippen LogP contribution in [0.25, 0.3) is 6.08 Å². The first kappa shape index (κ1) is 13.4. The van der Waals surface area contributed by atoms with Crippen LogP contribution < -0.4 is 0 Å². The highest BCUT2D eigenvalue weighted by molar-refractivity contribution is 5.95. The van der Waals surface area contributed by atoms with Gasteiger partial charge in [-0.3, -0.25) is 4.79 Å². The second-order valence-electron chi connectivity index (χ2n) is 6.03. The van der Waals surface area contributed by atoms with Gasteiger partial charge in [0, 0.05) is 12.1 Å². The number of furan rings is 1. The van der Waals surface area contributed by atoms with E-state index in [1.54, 1.807) is 6.26 Å². The fourth-order valence-electron chi connectivity index (χ4n) is 3.52. The maximum atomic E-state index is 12.9. The minimum Gasteiger partial charge on any atom is -0.467 e. The van der Waals surface area contributed by atoms with Gasteiger partial charge in [0.25, 0.3) is 5.91 Å². The van der Waals surface area contributed by atoms with Crippen molar-refractivity contribution in [2.24, 2.45) is 0 Å². The van der Waals surface area contributed by atoms with Gasteiger partial charge in [-0.05, 0) is 61.1 Å². The SMILES string of the molecule is O=C(c1ccc2c(c1)CCC=C2)N1CCC[C@@H]1c1ccco1. The van der Waals surface area contributed by atoms with Crippen molar-refractivity contribution in [2.75, 3.05) is 6.54 Å². The molecule has 1 aromatic carbocycles. The van der Waals surface area contributed by atoms with Gasteiger partial charge in [-0.1, -0.05) is 18.2 Å². The van der Waals surface area contributed by atoms with E-state index in [4.69, 9.17) is 4.42 Å². The van der Waals surface area contributed by atoms with Crippen molar-refractivity contribution in [3.8, 4) is 0 Å². The van der Waals surface area contributed by atoms with Crippen LogP contribution in [0.1, 0.15) is 52.5 Å². The van der Waals surface area contributed by atoms with Crippen LogP contribution in [0.2, 0.25) is 0 Å². The molecule has 3 nitrogen and oxygen atoms in total. The Kier molecular flexibility index (Phi) is 3.34. The molecule has 2 aromatic rings. The van der Waals surface area contributed by atoms with Crippen molar-refractivity contribution in [3.05, 3.63) is 65.1 Å². The number of benzene rings is 1. The van der Waals surface area contributed by atoms with Crippen LogP contribution >= 0.6 is 0 Å². The monoisotopic (exact) mass is 293 g/mol. The van der Waals surface area contributed by atoms with Crippen molar-refractivity contribution in [3.63, 3.8) is 0 Å². The molecule has 0 spiro atoms. The number of nitrogens with zero attached hydrogens (tertiary/aromatic N) is 1. The van der Waals surface area contributed by atoms with E-state index in [0.717, 1.165) is 43.6 Å². The Labute approximate surface area is 130 Å². The average molecular weight is 293 g/mol. The first-order chi connectivity index (χ1) is 10.8. The zero-order valence-corrected chi connectivity index (χ0v) is 12.5. The van der Waals surface area contributed by atoms with Gasteiger partial charge in [-0.2, -0.15) is 0 Å². The molecule has 0 radical (unpaired) electrons. The first-order valence-electron chi connectivity index (χ1n) is 7.97. The number of hydrogen-bond donors (Lipinski definition) is 0. The zero-order valence-electron chi connectivity index (χ0n) is 12.5. The molecule has 1 aromatic heterocycles. The molecule has 1 aliphatic carbocycles. The van der Waals surface area contributed by atoms with E-state index in [9.17, 15) is 4.79 Å². The molecule has 3 heteroatoms. The van der Waals surface area contributed by atoms with Gasteiger partial charge >= 0.3 is 0 Å². The van der Waals surface area contributed by atoms with Crippen LogP contribution in [-0.2, 0) is 6.42 Å². The molecule has 1 fully saturated rings. The van der Waals surface area contributed by atoms with Gasteiger partial charge in [0.05, 0.1) is 12.3 Å². The second-order valence-corrected chi connectivity index (χ2v) is 6.03. The van der Waals surface area contributed by atoms with E-state index in [2.05, 4.69) is 24.3 Å². The van der Waals surface area contributed by atoms with Gasteiger partial charge in [0.15, 0.2) is 0 Å². The minimum atomic E-state index is 0.0819. The molecule has 0 bridgehead atoms. The molecule has 2 aliphatic rings. The maximum Gasteiger partial charge on any atom is 0.254 e. The summed E-state index contributed by atoms with van der Waals surface area (Å²) >= 11 is 0. The van der Waals surface area contributed by atoms with Gasteiger partial charge in [0.2, 0.25) is 0 Å². The van der Waals surface area contributed by atoms with Crippen LogP contribution in [0.15, 0.2) is 47.1 Å². The van der Waals surface area contributed by atoms with Crippen molar-refractivity contribution < 1.29 is 9.21 Å². The molecule has 1 aliphatic heterocycles. The summed E-state index contributed by atoms with van der Waals surface area (Å²) in [6, 6.07) is 10.0. The number of rotatable bonds is 2. The largest absolute Gasteiger partial charge is 0.467 e. The summed E-state index contributed by atoms with van der Waals surface area (Å²) in [5.41, 5.74) is 3.32. The van der Waals surface area contributed by atoms with Gasteiger partial charge < -0.3 is 9.32 Å². The summed E-state index contributed by atoms with van der Waals surface area (Å²) in [4.78, 5) is 14.9. The molecule has 0 unspecified atom stereocenters. The smallest absolute Gasteiger partial charge is 0.254 e. The number of allylic oxidation sites excluding steroid dienone is 1. The van der Waals surface area contributed by atoms with Crippen LogP contribution in [0, 0.1) is 0 Å².